The molecule has 21 N–H and O–H groups in total. The Bertz CT molecular complexity index is 1940. The zero-order chi connectivity index (χ0) is 69.0. The molecule has 0 fully saturated rings. The standard InChI is InChI=1S/C42H84N12O6.4C2HF3O2/c43-28-18-17-23-33(44)38(57)49-29-19-13-9-5-1-3-7-11-15-26-36(55)53-34(24-21-31-51-41(45)46)39(58)50-30-20-14-10-6-2-4-8-12-16-27-37(56)54-35(40(59)60)25-22-32-52-42(47)48;4*3-2(4,5)1(6)7/h33-35H,1-32,43-44H2,(H,49,57)(H,50,58)(H,53,55)(H,54,56)(H,59,60)(H4,45,46,51)(H4,47,48,52);4*(H,6,7)/t33-,34-,35-;;;;/m0..../s1. The van der Waals surface area contributed by atoms with Crippen LogP contribution in [0.3, 0.4) is 0 Å². The summed E-state index contributed by atoms with van der Waals surface area (Å²) in [6.07, 6.45) is 2.68. The number of aliphatic carboxylic acids is 5. The first-order valence-corrected chi connectivity index (χ1v) is 27.8. The molecule has 0 spiro atoms. The van der Waals surface area contributed by atoms with Crippen LogP contribution in [0.2, 0.25) is 0 Å². The van der Waals surface area contributed by atoms with Gasteiger partial charge >= 0.3 is 54.6 Å². The molecule has 0 aliphatic heterocycles. The third kappa shape index (κ3) is 64.8. The number of alkyl halides is 12. The smallest absolute Gasteiger partial charge is 0.480 e. The Hall–Kier alpha value is -7.15. The molecule has 88 heavy (non-hydrogen) atoms. The second-order valence-corrected chi connectivity index (χ2v) is 19.0. The number of guanidine groups is 2. The Labute approximate surface area is 500 Å². The lowest BCUT2D eigenvalue weighted by molar-refractivity contribution is -0.193. The lowest BCUT2D eigenvalue weighted by atomic mass is 10.1. The maximum Gasteiger partial charge on any atom is 0.490 e. The third-order valence-corrected chi connectivity index (χ3v) is 11.2. The molecular weight excluding hydrogens is 1220 g/mol. The van der Waals surface area contributed by atoms with Crippen LogP contribution >= 0.6 is 0 Å². The maximum atomic E-state index is 13.0. The van der Waals surface area contributed by atoms with Crippen LogP contribution in [0, 0.1) is 0 Å². The average Bonchev–Trinajstić information content (AvgIpc) is 3.41. The second-order valence-electron chi connectivity index (χ2n) is 19.0. The molecule has 0 aliphatic carbocycles. The van der Waals surface area contributed by atoms with Crippen molar-refractivity contribution in [3.63, 3.8) is 0 Å². The van der Waals surface area contributed by atoms with Gasteiger partial charge in [-0.05, 0) is 70.8 Å². The quantitative estimate of drug-likeness (QED) is 0.0162. The predicted molar refractivity (Wildman–Crippen MR) is 295 cm³/mol. The molecule has 0 saturated heterocycles. The molecule has 0 radical (unpaired) electrons. The number of hydrogen-bond acceptors (Lipinski definition) is 13. The van der Waals surface area contributed by atoms with Gasteiger partial charge in [0.25, 0.3) is 0 Å². The van der Waals surface area contributed by atoms with E-state index in [0.717, 1.165) is 122 Å². The van der Waals surface area contributed by atoms with Gasteiger partial charge in [-0.3, -0.25) is 29.2 Å². The number of hydrogen-bond donors (Lipinski definition) is 15. The molecule has 0 aromatic rings. The van der Waals surface area contributed by atoms with Gasteiger partial charge in [0.1, 0.15) is 12.1 Å². The van der Waals surface area contributed by atoms with Crippen molar-refractivity contribution in [1.29, 1.82) is 0 Å². The van der Waals surface area contributed by atoms with Gasteiger partial charge in [0.15, 0.2) is 11.9 Å². The molecule has 0 aromatic heterocycles. The first kappa shape index (κ1) is 89.6. The summed E-state index contributed by atoms with van der Waals surface area (Å²) in [6.45, 7) is 2.52. The normalized spacial score (nSPS) is 12.1. The van der Waals surface area contributed by atoms with Gasteiger partial charge in [0, 0.05) is 39.0 Å². The number of aliphatic imine (C=N–C) groups is 2. The predicted octanol–water partition coefficient (Wildman–Crippen LogP) is 5.17. The molecule has 4 amide bonds. The molecule has 26 nitrogen and oxygen atoms in total. The summed E-state index contributed by atoms with van der Waals surface area (Å²) < 4.78 is 127. The fraction of sp³-hybridized carbons (Fsp3) is 0.780. The summed E-state index contributed by atoms with van der Waals surface area (Å²) in [7, 11) is 0. The first-order chi connectivity index (χ1) is 40.6. The van der Waals surface area contributed by atoms with E-state index in [0.29, 0.717) is 77.7 Å². The summed E-state index contributed by atoms with van der Waals surface area (Å²) in [6, 6.07) is -2.03. The highest BCUT2D eigenvalue weighted by atomic mass is 19.4. The molecular formula is C50H88F12N12O14. The van der Waals surface area contributed by atoms with Gasteiger partial charge < -0.3 is 81.2 Å². The highest BCUT2D eigenvalue weighted by Gasteiger charge is 2.40. The summed E-state index contributed by atoms with van der Waals surface area (Å²) in [5, 5.41) is 49.3. The van der Waals surface area contributed by atoms with Crippen molar-refractivity contribution < 1.29 is 121 Å². The van der Waals surface area contributed by atoms with E-state index >= 15 is 0 Å². The van der Waals surface area contributed by atoms with E-state index in [1.165, 1.54) is 0 Å². The van der Waals surface area contributed by atoms with E-state index in [1.54, 1.807) is 0 Å². The fourth-order valence-electron chi connectivity index (χ4n) is 6.68. The Morgan fingerprint density at radius 3 is 0.932 bits per heavy atom. The van der Waals surface area contributed by atoms with Crippen LogP contribution in [0.25, 0.3) is 0 Å². The summed E-state index contributed by atoms with van der Waals surface area (Å²) in [4.78, 5) is 105. The van der Waals surface area contributed by atoms with Crippen LogP contribution in [0.4, 0.5) is 52.7 Å². The van der Waals surface area contributed by atoms with Crippen LogP contribution in [0.5, 0.6) is 0 Å². The number of halogens is 12. The first-order valence-electron chi connectivity index (χ1n) is 27.8. The molecule has 0 aliphatic rings. The molecule has 0 bridgehead atoms. The Morgan fingerprint density at radius 2 is 0.648 bits per heavy atom. The van der Waals surface area contributed by atoms with Crippen LogP contribution < -0.4 is 55.7 Å². The maximum absolute atomic E-state index is 13.0. The molecule has 0 aromatic carbocycles. The average molecular weight is 1310 g/mol. The van der Waals surface area contributed by atoms with Crippen molar-refractivity contribution in [2.75, 3.05) is 32.7 Å². The monoisotopic (exact) mass is 1310 g/mol. The molecule has 0 rings (SSSR count). The third-order valence-electron chi connectivity index (χ3n) is 11.2. The van der Waals surface area contributed by atoms with Crippen LogP contribution in [0.1, 0.15) is 173 Å². The number of amides is 4. The lowest BCUT2D eigenvalue weighted by Gasteiger charge is -2.18. The number of carboxylic acid groups (broad SMARTS) is 5. The van der Waals surface area contributed by atoms with Crippen molar-refractivity contribution in [1.82, 2.24) is 21.3 Å². The molecule has 0 unspecified atom stereocenters. The molecule has 516 valence electrons. The number of nitrogens with one attached hydrogen (secondary N) is 4. The van der Waals surface area contributed by atoms with Gasteiger partial charge in [0.05, 0.1) is 6.04 Å². The molecule has 0 heterocycles. The Balaban J connectivity index is -0.000000665. The van der Waals surface area contributed by atoms with E-state index in [1.807, 2.05) is 0 Å². The molecule has 38 heteroatoms. The van der Waals surface area contributed by atoms with E-state index in [-0.39, 0.29) is 42.0 Å². The minimum atomic E-state index is -5.08. The van der Waals surface area contributed by atoms with Crippen molar-refractivity contribution in [3.05, 3.63) is 0 Å². The number of carboxylic acids is 5. The summed E-state index contributed by atoms with van der Waals surface area (Å²) in [5.74, 6) is -12.8. The van der Waals surface area contributed by atoms with Crippen LogP contribution in [-0.2, 0) is 43.2 Å². The zero-order valence-corrected chi connectivity index (χ0v) is 48.7. The largest absolute Gasteiger partial charge is 0.490 e. The number of nitrogens with two attached hydrogens (primary N) is 6. The number of rotatable bonds is 41. The van der Waals surface area contributed by atoms with Crippen molar-refractivity contribution in [3.8, 4) is 0 Å². The van der Waals surface area contributed by atoms with Gasteiger partial charge in [-0.1, -0.05) is 96.3 Å². The minimum Gasteiger partial charge on any atom is -0.480 e. The van der Waals surface area contributed by atoms with E-state index in [2.05, 4.69) is 31.3 Å². The number of carbonyl (C=O) groups excluding carboxylic acids is 4. The van der Waals surface area contributed by atoms with Crippen LogP contribution in [-0.4, -0.2) is 166 Å². The topological polar surface area (TPSA) is 484 Å². The zero-order valence-electron chi connectivity index (χ0n) is 48.7. The highest BCUT2D eigenvalue weighted by Crippen LogP contribution is 2.17. The lowest BCUT2D eigenvalue weighted by Crippen LogP contribution is -2.47. The van der Waals surface area contributed by atoms with E-state index < -0.39 is 72.7 Å². The Kier molecular flexibility index (Phi) is 53.9. The highest BCUT2D eigenvalue weighted by molar-refractivity contribution is 5.87. The number of nitrogens with zero attached hydrogens (tertiary/aromatic N) is 2. The second kappa shape index (κ2) is 52.9. The van der Waals surface area contributed by atoms with E-state index in [9.17, 15) is 81.8 Å². The van der Waals surface area contributed by atoms with Gasteiger partial charge in [0.2, 0.25) is 23.6 Å². The number of unbranched alkanes of at least 4 members (excludes halogenated alkanes) is 17. The Morgan fingerprint density at radius 1 is 0.375 bits per heavy atom. The molecule has 0 saturated carbocycles. The van der Waals surface area contributed by atoms with E-state index in [4.69, 9.17) is 74.0 Å². The number of carbonyl (C=O) groups is 9. The van der Waals surface area contributed by atoms with Crippen molar-refractivity contribution in [2.24, 2.45) is 44.4 Å². The van der Waals surface area contributed by atoms with Gasteiger partial charge in [-0.15, -0.1) is 0 Å². The van der Waals surface area contributed by atoms with Gasteiger partial charge in [-0.2, -0.15) is 52.7 Å². The fourth-order valence-corrected chi connectivity index (χ4v) is 6.68. The SMILES string of the molecule is NCCCC[C@H](N)C(=O)NCCCCCCCCCCCC(=O)N[C@@H](CCCN=C(N)N)C(=O)NCCCCCCCCCCCC(=O)N[C@@H](CCCN=C(N)N)C(=O)O.O=C(O)C(F)(F)F.O=C(O)C(F)(F)F.O=C(O)C(F)(F)F.O=C(O)C(F)(F)F. The molecule has 3 atom stereocenters. The summed E-state index contributed by atoms with van der Waals surface area (Å²) >= 11 is 0. The van der Waals surface area contributed by atoms with Crippen molar-refractivity contribution >= 4 is 65.4 Å². The van der Waals surface area contributed by atoms with Gasteiger partial charge in [-0.25, -0.2) is 24.0 Å². The summed E-state index contributed by atoms with van der Waals surface area (Å²) in [5.41, 5.74) is 32.8. The van der Waals surface area contributed by atoms with Crippen LogP contribution in [0.15, 0.2) is 9.98 Å². The van der Waals surface area contributed by atoms with Crippen molar-refractivity contribution in [2.45, 2.75) is 216 Å². The minimum absolute atomic E-state index is 0.00164.